The number of likely N-dealkylation sites (N-methyl/N-ethyl adjacent to an activating group) is 4. The average molecular weight is 1920 g/mol. The predicted molar refractivity (Wildman–Crippen MR) is 477 cm³/mol. The van der Waals surface area contributed by atoms with E-state index >= 15 is 0 Å². The van der Waals surface area contributed by atoms with Crippen LogP contribution in [0.1, 0.15) is 126 Å². The molecule has 6 aromatic rings. The first-order valence-corrected chi connectivity index (χ1v) is 48.1. The average Bonchev–Trinajstić information content (AvgIpc) is 0.779. The molecule has 6 aromatic carbocycles. The number of aliphatic hydroxyl groups is 5. The third-order valence-electron chi connectivity index (χ3n) is 22.2. The maximum Gasteiger partial charge on any atom is 0.240 e. The highest BCUT2D eigenvalue weighted by Crippen LogP contribution is 2.44. The van der Waals surface area contributed by atoms with E-state index in [0.29, 0.717) is 69.4 Å². The molecule has 0 saturated heterocycles. The van der Waals surface area contributed by atoms with Crippen LogP contribution in [0.3, 0.4) is 0 Å². The number of Topliss-reactive ketones (excluding diaryl/α,β-unsaturated/α-hetero) is 1. The number of hydrogen-bond donors (Lipinski definition) is 10. The SMILES string of the molecule is CN1Cc2c(Cl)cc(Cl)cc2[C@H](c2cccc(S(=O)(=O)NCCOCCOCCCC(=O)CCC(CCC(=O)NCCOCCOCCNS(=O)(=O)c3cccc([C@@H]4CN(C)Cc5c(Cl)cc(Cl)cc54)c3)(CCC(=O)NCCOCCOCCNS(=O)(=O)c3cccc([C@@H]4CN(C)Cc5c(Cl)cc(Cl)cc54)c3)CC(=O)N(C)C[C@H](O)[C@@H](O)[C@H](O)[C@H](O)CO)c2)C1. The lowest BCUT2D eigenvalue weighted by Gasteiger charge is -2.36. The molecule has 3 amide bonds. The number of rotatable bonds is 54. The minimum Gasteiger partial charge on any atom is -0.394 e. The quantitative estimate of drug-likeness (QED) is 0.0162. The Hall–Kier alpha value is -5.69. The summed E-state index contributed by atoms with van der Waals surface area (Å²) in [5, 5.41) is 60.2. The molecule has 0 fully saturated rings. The zero-order chi connectivity index (χ0) is 90.6. The molecule has 3 aliphatic heterocycles. The van der Waals surface area contributed by atoms with Crippen molar-refractivity contribution in [2.24, 2.45) is 5.41 Å². The number of carbonyl (C=O) groups excluding carboxylic acids is 4. The standard InChI is InChI=1S/C86H115Cl6N9O21S3/c1-98-49-70(67-42-60(87)45-76(90)73(67)52-98)57-9-5-13-64(39-57)123(111,112)95-24-30-120-34-33-117-27-8-12-63(103)16-19-86(48-83(108)101(4)55-79(104)84(109)85(110)80(105)56-102,20-17-81(106)93-22-28-118-35-37-121-31-25-96-124(113,114)65-14-6-10-58(40-65)71-50-99(2)53-74-68(71)43-61(88)46-77(74)91)21-18-82(107)94-23-29-119-36-38-122-32-26-97-125(115,116)66-15-7-11-59(41-66)72-51-100(3)54-75-69(72)44-62(89)47-78(75)92/h5-7,9-11,13-15,39-47,70-72,79-80,84-85,95-97,102,104-105,109-110H,8,12,16-38,48-56H2,1-4H3,(H,93,106)(H,94,107)/t70-,71-,72-,79-,80+,84+,85+/m0/s1. The van der Waals surface area contributed by atoms with Crippen molar-refractivity contribution in [2.75, 3.05) is 173 Å². The van der Waals surface area contributed by atoms with Crippen LogP contribution >= 0.6 is 69.6 Å². The maximum absolute atomic E-state index is 14.4. The highest BCUT2D eigenvalue weighted by atomic mass is 35.5. The molecule has 0 aromatic heterocycles. The second kappa shape index (κ2) is 50.1. The molecule has 0 aliphatic carbocycles. The largest absolute Gasteiger partial charge is 0.394 e. The van der Waals surface area contributed by atoms with E-state index in [1.54, 1.807) is 54.6 Å². The second-order valence-corrected chi connectivity index (χ2v) is 39.6. The summed E-state index contributed by atoms with van der Waals surface area (Å²) in [7, 11) is -4.62. The lowest BCUT2D eigenvalue weighted by atomic mass is 9.71. The van der Waals surface area contributed by atoms with Gasteiger partial charge in [0, 0.05) is 172 Å². The fraction of sp³-hybridized carbons (Fsp3) is 0.535. The monoisotopic (exact) mass is 1920 g/mol. The Balaban J connectivity index is 0.749. The van der Waals surface area contributed by atoms with Gasteiger partial charge in [-0.2, -0.15) is 0 Å². The van der Waals surface area contributed by atoms with Crippen LogP contribution in [0.25, 0.3) is 0 Å². The summed E-state index contributed by atoms with van der Waals surface area (Å²) >= 11 is 39.0. The van der Waals surface area contributed by atoms with Gasteiger partial charge in [0.2, 0.25) is 47.8 Å². The van der Waals surface area contributed by atoms with Crippen molar-refractivity contribution in [3.63, 3.8) is 0 Å². The summed E-state index contributed by atoms with van der Waals surface area (Å²) in [5.41, 5.74) is 6.72. The summed E-state index contributed by atoms with van der Waals surface area (Å²) in [6.07, 6.45) is -8.31. The van der Waals surface area contributed by atoms with Crippen molar-refractivity contribution < 1.29 is 98.4 Å². The molecule has 3 heterocycles. The number of aliphatic hydroxyl groups excluding tert-OH is 5. The molecule has 3 aliphatic rings. The number of benzene rings is 6. The molecule has 39 heteroatoms. The summed E-state index contributed by atoms with van der Waals surface area (Å²) in [6.45, 7) is 3.06. The van der Waals surface area contributed by atoms with Gasteiger partial charge < -0.3 is 84.2 Å². The van der Waals surface area contributed by atoms with Gasteiger partial charge in [-0.3, -0.25) is 19.2 Å². The third kappa shape index (κ3) is 31.5. The third-order valence-corrected chi connectivity index (χ3v) is 28.3. The minimum atomic E-state index is -3.95. The summed E-state index contributed by atoms with van der Waals surface area (Å²) < 4.78 is 123. The smallest absolute Gasteiger partial charge is 0.240 e. The van der Waals surface area contributed by atoms with Gasteiger partial charge in [0.25, 0.3) is 0 Å². The highest BCUT2D eigenvalue weighted by molar-refractivity contribution is 7.90. The number of hydrogen-bond acceptors (Lipinski definition) is 24. The number of nitrogens with zero attached hydrogens (tertiary/aromatic N) is 4. The van der Waals surface area contributed by atoms with Crippen molar-refractivity contribution in [3.05, 3.63) is 189 Å². The first kappa shape index (κ1) is 103. The number of ketones is 1. The Morgan fingerprint density at radius 3 is 1.13 bits per heavy atom. The zero-order valence-corrected chi connectivity index (χ0v) is 77.5. The molecular weight excluding hydrogens is 1800 g/mol. The summed E-state index contributed by atoms with van der Waals surface area (Å²) in [5.74, 6) is -2.32. The molecule has 0 radical (unpaired) electrons. The van der Waals surface area contributed by atoms with Gasteiger partial charge in [-0.25, -0.2) is 39.4 Å². The molecule has 125 heavy (non-hydrogen) atoms. The molecule has 10 N–H and O–H groups in total. The van der Waals surface area contributed by atoms with E-state index in [4.69, 9.17) is 98.0 Å². The summed E-state index contributed by atoms with van der Waals surface area (Å²) in [4.78, 5) is 63.6. The van der Waals surface area contributed by atoms with E-state index < -0.39 is 90.8 Å². The van der Waals surface area contributed by atoms with Crippen molar-refractivity contribution >= 4 is 123 Å². The first-order valence-electron chi connectivity index (χ1n) is 41.4. The van der Waals surface area contributed by atoms with E-state index in [-0.39, 0.29) is 208 Å². The number of carbonyl (C=O) groups is 4. The molecule has 0 bridgehead atoms. The van der Waals surface area contributed by atoms with Crippen LogP contribution in [0.4, 0.5) is 0 Å². The van der Waals surface area contributed by atoms with Gasteiger partial charge in [-0.05, 0) is 175 Å². The van der Waals surface area contributed by atoms with Crippen molar-refractivity contribution in [1.29, 1.82) is 0 Å². The topological polar surface area (TPSA) is 400 Å². The van der Waals surface area contributed by atoms with Gasteiger partial charge in [0.05, 0.1) is 94.0 Å². The molecular formula is C86H115Cl6N9O21S3. The van der Waals surface area contributed by atoms with Crippen molar-refractivity contribution in [1.82, 2.24) is 44.4 Å². The first-order chi connectivity index (χ1) is 59.6. The van der Waals surface area contributed by atoms with Crippen LogP contribution < -0.4 is 24.8 Å². The Morgan fingerprint density at radius 2 is 0.776 bits per heavy atom. The normalized spacial score (nSPS) is 17.0. The molecule has 690 valence electrons. The number of halogens is 6. The Labute approximate surface area is 762 Å². The number of sulfonamides is 3. The van der Waals surface area contributed by atoms with Gasteiger partial charge in [-0.1, -0.05) is 106 Å². The van der Waals surface area contributed by atoms with Crippen LogP contribution in [0.5, 0.6) is 0 Å². The Morgan fingerprint density at radius 1 is 0.448 bits per heavy atom. The highest BCUT2D eigenvalue weighted by Gasteiger charge is 2.39. The van der Waals surface area contributed by atoms with Gasteiger partial charge in [0.15, 0.2) is 0 Å². The van der Waals surface area contributed by atoms with Gasteiger partial charge in [0.1, 0.15) is 30.2 Å². The lowest BCUT2D eigenvalue weighted by Crippen LogP contribution is -2.50. The predicted octanol–water partition coefficient (Wildman–Crippen LogP) is 7.87. The van der Waals surface area contributed by atoms with Gasteiger partial charge >= 0.3 is 0 Å². The van der Waals surface area contributed by atoms with E-state index in [0.717, 1.165) is 55.0 Å². The molecule has 30 nitrogen and oxygen atoms in total. The van der Waals surface area contributed by atoms with E-state index in [9.17, 15) is 70.0 Å². The minimum absolute atomic E-state index is 0.00472. The number of amides is 3. The van der Waals surface area contributed by atoms with E-state index in [2.05, 4.69) is 39.5 Å². The molecule has 0 unspecified atom stereocenters. The fourth-order valence-electron chi connectivity index (χ4n) is 15.6. The van der Waals surface area contributed by atoms with Crippen LogP contribution in [-0.2, 0) is 97.3 Å². The van der Waals surface area contributed by atoms with Crippen LogP contribution in [0.15, 0.2) is 124 Å². The molecule has 0 spiro atoms. The Bertz CT molecular complexity index is 4500. The number of ether oxygens (including phenoxy) is 6. The van der Waals surface area contributed by atoms with E-state index in [1.165, 1.54) is 25.2 Å². The van der Waals surface area contributed by atoms with Crippen LogP contribution in [-0.4, -0.2) is 291 Å². The zero-order valence-electron chi connectivity index (χ0n) is 70.5. The van der Waals surface area contributed by atoms with E-state index in [1.807, 2.05) is 57.5 Å². The van der Waals surface area contributed by atoms with Crippen LogP contribution in [0, 0.1) is 5.41 Å². The van der Waals surface area contributed by atoms with Crippen molar-refractivity contribution in [2.45, 2.75) is 134 Å². The van der Waals surface area contributed by atoms with Crippen LogP contribution in [0.2, 0.25) is 30.1 Å². The number of nitrogens with one attached hydrogen (secondary N) is 5. The molecule has 9 rings (SSSR count). The fourth-order valence-corrected chi connectivity index (χ4v) is 20.5. The second-order valence-electron chi connectivity index (χ2n) is 31.8. The van der Waals surface area contributed by atoms with Crippen molar-refractivity contribution in [3.8, 4) is 0 Å². The lowest BCUT2D eigenvalue weighted by molar-refractivity contribution is -0.141. The number of fused-ring (bicyclic) bond motifs is 3. The molecule has 0 saturated carbocycles. The Kier molecular flexibility index (Phi) is 41.3. The summed E-state index contributed by atoms with van der Waals surface area (Å²) in [6, 6.07) is 30.9. The molecule has 7 atom stereocenters. The maximum atomic E-state index is 14.4. The van der Waals surface area contributed by atoms with Gasteiger partial charge in [-0.15, -0.1) is 0 Å².